The second kappa shape index (κ2) is 6.18. The van der Waals surface area contributed by atoms with E-state index in [-0.39, 0.29) is 11.9 Å². The lowest BCUT2D eigenvalue weighted by Gasteiger charge is -2.16. The lowest BCUT2D eigenvalue weighted by molar-refractivity contribution is 0.504. The zero-order valence-corrected chi connectivity index (χ0v) is 12.5. The van der Waals surface area contributed by atoms with E-state index in [0.717, 1.165) is 11.3 Å². The summed E-state index contributed by atoms with van der Waals surface area (Å²) in [5, 5.41) is 7.70. The molecule has 2 aromatic rings. The average Bonchev–Trinajstić information content (AvgIpc) is 2.85. The van der Waals surface area contributed by atoms with Crippen molar-refractivity contribution in [3.05, 3.63) is 53.1 Å². The van der Waals surface area contributed by atoms with Gasteiger partial charge in [-0.3, -0.25) is 4.68 Å². The molecule has 20 heavy (non-hydrogen) atoms. The van der Waals surface area contributed by atoms with Crippen LogP contribution in [0.2, 0.25) is 0 Å². The molecule has 1 aromatic heterocycles. The maximum Gasteiger partial charge on any atom is 0.128 e. The third-order valence-corrected chi connectivity index (χ3v) is 3.49. The molecule has 0 saturated heterocycles. The van der Waals surface area contributed by atoms with E-state index in [9.17, 15) is 4.39 Å². The third kappa shape index (κ3) is 3.25. The summed E-state index contributed by atoms with van der Waals surface area (Å²) >= 11 is 0. The summed E-state index contributed by atoms with van der Waals surface area (Å²) in [6, 6.07) is 7.64. The van der Waals surface area contributed by atoms with Crippen molar-refractivity contribution in [2.24, 2.45) is 0 Å². The van der Waals surface area contributed by atoms with Crippen molar-refractivity contribution in [2.45, 2.75) is 39.3 Å². The Morgan fingerprint density at radius 3 is 2.60 bits per heavy atom. The topological polar surface area (TPSA) is 29.9 Å². The summed E-state index contributed by atoms with van der Waals surface area (Å²) in [7, 11) is 1.85. The van der Waals surface area contributed by atoms with Crippen LogP contribution in [0.4, 0.5) is 4.39 Å². The zero-order valence-electron chi connectivity index (χ0n) is 12.5. The summed E-state index contributed by atoms with van der Waals surface area (Å²) in [4.78, 5) is 0. The fourth-order valence-electron chi connectivity index (χ4n) is 2.27. The highest BCUT2D eigenvalue weighted by atomic mass is 19.1. The van der Waals surface area contributed by atoms with Crippen molar-refractivity contribution in [1.29, 1.82) is 0 Å². The molecule has 0 aliphatic rings. The van der Waals surface area contributed by atoms with Gasteiger partial charge in [0.05, 0.1) is 5.69 Å². The first-order valence-electron chi connectivity index (χ1n) is 6.98. The Morgan fingerprint density at radius 2 is 2.05 bits per heavy atom. The van der Waals surface area contributed by atoms with E-state index in [0.29, 0.717) is 18.0 Å². The smallest absolute Gasteiger partial charge is 0.128 e. The molecule has 1 atom stereocenters. The van der Waals surface area contributed by atoms with Crippen LogP contribution in [-0.2, 0) is 6.42 Å². The van der Waals surface area contributed by atoms with Gasteiger partial charge in [-0.15, -0.1) is 0 Å². The number of benzene rings is 1. The Morgan fingerprint density at radius 1 is 1.30 bits per heavy atom. The van der Waals surface area contributed by atoms with Crippen LogP contribution in [0.15, 0.2) is 30.5 Å². The Kier molecular flexibility index (Phi) is 4.55. The molecule has 0 spiro atoms. The monoisotopic (exact) mass is 275 g/mol. The standard InChI is InChI=1S/C16H22FN3/c1-11(2)20-8-7-13(19-20)10-16(18-4)14-6-5-12(3)9-15(14)17/h5-9,11,16,18H,10H2,1-4H3. The van der Waals surface area contributed by atoms with Crippen molar-refractivity contribution in [3.63, 3.8) is 0 Å². The average molecular weight is 275 g/mol. The predicted molar refractivity (Wildman–Crippen MR) is 79.3 cm³/mol. The number of likely N-dealkylation sites (N-methyl/N-ethyl adjacent to an activating group) is 1. The van der Waals surface area contributed by atoms with E-state index in [1.807, 2.05) is 43.0 Å². The number of hydrogen-bond donors (Lipinski definition) is 1. The van der Waals surface area contributed by atoms with E-state index >= 15 is 0 Å². The molecule has 0 aliphatic heterocycles. The lowest BCUT2D eigenvalue weighted by atomic mass is 10.0. The molecule has 0 bridgehead atoms. The predicted octanol–water partition coefficient (Wildman–Crippen LogP) is 3.41. The molecule has 108 valence electrons. The van der Waals surface area contributed by atoms with E-state index < -0.39 is 0 Å². The van der Waals surface area contributed by atoms with E-state index in [4.69, 9.17) is 0 Å². The number of nitrogens with zero attached hydrogens (tertiary/aromatic N) is 2. The molecule has 1 heterocycles. The number of halogens is 1. The number of hydrogen-bond acceptors (Lipinski definition) is 2. The molecule has 0 radical (unpaired) electrons. The zero-order chi connectivity index (χ0) is 14.7. The van der Waals surface area contributed by atoms with E-state index in [1.54, 1.807) is 6.07 Å². The van der Waals surface area contributed by atoms with Gasteiger partial charge >= 0.3 is 0 Å². The summed E-state index contributed by atoms with van der Waals surface area (Å²) in [5.41, 5.74) is 2.60. The van der Waals surface area contributed by atoms with Crippen molar-refractivity contribution in [1.82, 2.24) is 15.1 Å². The summed E-state index contributed by atoms with van der Waals surface area (Å²) in [5.74, 6) is -0.160. The Balaban J connectivity index is 2.19. The maximum atomic E-state index is 14.1. The van der Waals surface area contributed by atoms with Crippen LogP contribution in [0.1, 0.15) is 42.8 Å². The first-order chi connectivity index (χ1) is 9.51. The number of nitrogens with one attached hydrogen (secondary N) is 1. The summed E-state index contributed by atoms with van der Waals surface area (Å²) in [6.45, 7) is 6.07. The normalized spacial score (nSPS) is 12.9. The first kappa shape index (κ1) is 14.7. The van der Waals surface area contributed by atoms with Gasteiger partial charge in [0.25, 0.3) is 0 Å². The van der Waals surface area contributed by atoms with E-state index in [1.165, 1.54) is 0 Å². The SMILES string of the molecule is CNC(Cc1ccn(C(C)C)n1)c1ccc(C)cc1F. The van der Waals surface area contributed by atoms with Gasteiger partial charge in [0.15, 0.2) is 0 Å². The highest BCUT2D eigenvalue weighted by Gasteiger charge is 2.16. The second-order valence-corrected chi connectivity index (χ2v) is 5.45. The number of aromatic nitrogens is 2. The van der Waals surface area contributed by atoms with Gasteiger partial charge in [-0.1, -0.05) is 12.1 Å². The molecule has 0 saturated carbocycles. The van der Waals surface area contributed by atoms with Crippen LogP contribution < -0.4 is 5.32 Å². The molecule has 2 rings (SSSR count). The van der Waals surface area contributed by atoms with E-state index in [2.05, 4.69) is 24.3 Å². The van der Waals surface area contributed by atoms with Crippen LogP contribution in [0.3, 0.4) is 0 Å². The van der Waals surface area contributed by atoms with Crippen molar-refractivity contribution in [2.75, 3.05) is 7.05 Å². The van der Waals surface area contributed by atoms with Gasteiger partial charge < -0.3 is 5.32 Å². The Bertz CT molecular complexity index is 575. The molecule has 3 nitrogen and oxygen atoms in total. The molecule has 1 aromatic carbocycles. The Labute approximate surface area is 119 Å². The largest absolute Gasteiger partial charge is 0.313 e. The van der Waals surface area contributed by atoms with Crippen LogP contribution in [-0.4, -0.2) is 16.8 Å². The minimum absolute atomic E-state index is 0.0638. The van der Waals surface area contributed by atoms with Crippen molar-refractivity contribution >= 4 is 0 Å². The molecule has 1 N–H and O–H groups in total. The fourth-order valence-corrected chi connectivity index (χ4v) is 2.27. The van der Waals surface area contributed by atoms with Gasteiger partial charge in [-0.25, -0.2) is 4.39 Å². The molecular formula is C16H22FN3. The van der Waals surface area contributed by atoms with Gasteiger partial charge in [0.1, 0.15) is 5.82 Å². The minimum atomic E-state index is -0.160. The van der Waals surface area contributed by atoms with Gasteiger partial charge in [-0.05, 0) is 45.5 Å². The molecule has 4 heteroatoms. The fraction of sp³-hybridized carbons (Fsp3) is 0.438. The quantitative estimate of drug-likeness (QED) is 0.906. The lowest BCUT2D eigenvalue weighted by Crippen LogP contribution is -2.20. The third-order valence-electron chi connectivity index (χ3n) is 3.49. The van der Waals surface area contributed by atoms with Crippen LogP contribution in [0.25, 0.3) is 0 Å². The Hall–Kier alpha value is -1.68. The maximum absolute atomic E-state index is 14.1. The van der Waals surface area contributed by atoms with Gasteiger partial charge in [0.2, 0.25) is 0 Å². The minimum Gasteiger partial charge on any atom is -0.313 e. The molecular weight excluding hydrogens is 253 g/mol. The van der Waals surface area contributed by atoms with Crippen LogP contribution in [0, 0.1) is 12.7 Å². The molecule has 0 aliphatic carbocycles. The summed E-state index contributed by atoms with van der Waals surface area (Å²) in [6.07, 6.45) is 2.65. The first-order valence-corrected chi connectivity index (χ1v) is 6.98. The second-order valence-electron chi connectivity index (χ2n) is 5.45. The van der Waals surface area contributed by atoms with Crippen molar-refractivity contribution < 1.29 is 4.39 Å². The highest BCUT2D eigenvalue weighted by molar-refractivity contribution is 5.27. The molecule has 0 amide bonds. The highest BCUT2D eigenvalue weighted by Crippen LogP contribution is 2.21. The number of aryl methyl sites for hydroxylation is 1. The molecule has 0 fully saturated rings. The summed E-state index contributed by atoms with van der Waals surface area (Å²) < 4.78 is 16.0. The van der Waals surface area contributed by atoms with Crippen LogP contribution >= 0.6 is 0 Å². The number of rotatable bonds is 5. The van der Waals surface area contributed by atoms with Gasteiger partial charge in [-0.2, -0.15) is 5.10 Å². The molecule has 1 unspecified atom stereocenters. The van der Waals surface area contributed by atoms with Crippen molar-refractivity contribution in [3.8, 4) is 0 Å². The van der Waals surface area contributed by atoms with Gasteiger partial charge in [0, 0.05) is 30.3 Å². The van der Waals surface area contributed by atoms with Crippen LogP contribution in [0.5, 0.6) is 0 Å².